The SMILES string of the molecule is CC(=O)c1ccc([Si](C)(C)C)cc1. The van der Waals surface area contributed by atoms with E-state index in [9.17, 15) is 4.79 Å². The van der Waals surface area contributed by atoms with Crippen molar-refractivity contribution >= 4 is 19.0 Å². The number of carbonyl (C=O) groups is 1. The van der Waals surface area contributed by atoms with Gasteiger partial charge in [-0.3, -0.25) is 4.79 Å². The van der Waals surface area contributed by atoms with E-state index in [4.69, 9.17) is 0 Å². The lowest BCUT2D eigenvalue weighted by atomic mass is 10.2. The summed E-state index contributed by atoms with van der Waals surface area (Å²) < 4.78 is 0. The van der Waals surface area contributed by atoms with Crippen LogP contribution in [0.3, 0.4) is 0 Å². The molecule has 0 radical (unpaired) electrons. The van der Waals surface area contributed by atoms with Crippen LogP contribution in [0.1, 0.15) is 17.3 Å². The minimum absolute atomic E-state index is 0.141. The second-order valence-electron chi connectivity index (χ2n) is 4.38. The lowest BCUT2D eigenvalue weighted by Gasteiger charge is -2.16. The molecule has 13 heavy (non-hydrogen) atoms. The van der Waals surface area contributed by atoms with Gasteiger partial charge >= 0.3 is 0 Å². The molecule has 0 aliphatic rings. The largest absolute Gasteiger partial charge is 0.295 e. The maximum atomic E-state index is 11.0. The molecule has 2 heteroatoms. The lowest BCUT2D eigenvalue weighted by Crippen LogP contribution is -2.37. The van der Waals surface area contributed by atoms with Crippen LogP contribution < -0.4 is 5.19 Å². The van der Waals surface area contributed by atoms with Crippen LogP contribution in [0, 0.1) is 0 Å². The van der Waals surface area contributed by atoms with Crippen LogP contribution in [-0.2, 0) is 0 Å². The number of ketones is 1. The Morgan fingerprint density at radius 3 is 1.85 bits per heavy atom. The molecule has 0 aromatic heterocycles. The smallest absolute Gasteiger partial charge is 0.159 e. The number of Topliss-reactive ketones (excluding diaryl/α,β-unsaturated/α-hetero) is 1. The Labute approximate surface area is 80.8 Å². The van der Waals surface area contributed by atoms with Crippen molar-refractivity contribution in [2.45, 2.75) is 26.6 Å². The third kappa shape index (κ3) is 2.52. The van der Waals surface area contributed by atoms with Crippen molar-refractivity contribution in [3.05, 3.63) is 29.8 Å². The van der Waals surface area contributed by atoms with Crippen LogP contribution in [0.15, 0.2) is 24.3 Å². The molecule has 1 rings (SSSR count). The van der Waals surface area contributed by atoms with Crippen molar-refractivity contribution in [2.24, 2.45) is 0 Å². The zero-order valence-corrected chi connectivity index (χ0v) is 9.72. The van der Waals surface area contributed by atoms with E-state index in [1.807, 2.05) is 12.1 Å². The molecule has 1 nitrogen and oxygen atoms in total. The normalized spacial score (nSPS) is 11.4. The highest BCUT2D eigenvalue weighted by molar-refractivity contribution is 6.88. The molecule has 0 aliphatic heterocycles. The molecule has 0 spiro atoms. The van der Waals surface area contributed by atoms with Gasteiger partial charge in [0, 0.05) is 5.56 Å². The van der Waals surface area contributed by atoms with Gasteiger partial charge in [0.1, 0.15) is 0 Å². The summed E-state index contributed by atoms with van der Waals surface area (Å²) in [5.41, 5.74) is 0.807. The van der Waals surface area contributed by atoms with Crippen molar-refractivity contribution in [1.29, 1.82) is 0 Å². The number of hydrogen-bond acceptors (Lipinski definition) is 1. The number of benzene rings is 1. The molecule has 70 valence electrons. The van der Waals surface area contributed by atoms with Crippen LogP contribution in [0.4, 0.5) is 0 Å². The Kier molecular flexibility index (Phi) is 2.71. The summed E-state index contributed by atoms with van der Waals surface area (Å²) in [5, 5.41) is 1.40. The molecule has 1 aromatic rings. The topological polar surface area (TPSA) is 17.1 Å². The maximum Gasteiger partial charge on any atom is 0.159 e. The van der Waals surface area contributed by atoms with E-state index in [-0.39, 0.29) is 5.78 Å². The standard InChI is InChI=1S/C11H16OSi/c1-9(12)10-5-7-11(8-6-10)13(2,3)4/h5-8H,1-4H3. The van der Waals surface area contributed by atoms with E-state index in [0.717, 1.165) is 5.56 Å². The molecule has 0 amide bonds. The molecule has 0 saturated heterocycles. The Balaban J connectivity index is 3.01. The van der Waals surface area contributed by atoms with Crippen molar-refractivity contribution < 1.29 is 4.79 Å². The number of rotatable bonds is 2. The molecule has 0 saturated carbocycles. The van der Waals surface area contributed by atoms with Crippen molar-refractivity contribution in [3.63, 3.8) is 0 Å². The highest BCUT2D eigenvalue weighted by atomic mass is 28.3. The Bertz CT molecular complexity index is 306. The summed E-state index contributed by atoms with van der Waals surface area (Å²) in [6, 6.07) is 8.03. The third-order valence-corrected chi connectivity index (χ3v) is 4.22. The highest BCUT2D eigenvalue weighted by Gasteiger charge is 2.15. The predicted octanol–water partition coefficient (Wildman–Crippen LogP) is 2.43. The van der Waals surface area contributed by atoms with Gasteiger partial charge in [-0.2, -0.15) is 0 Å². The van der Waals surface area contributed by atoms with Crippen LogP contribution in [0.2, 0.25) is 19.6 Å². The monoisotopic (exact) mass is 192 g/mol. The predicted molar refractivity (Wildman–Crippen MR) is 59.4 cm³/mol. The Morgan fingerprint density at radius 2 is 1.54 bits per heavy atom. The van der Waals surface area contributed by atoms with E-state index in [0.29, 0.717) is 0 Å². The Morgan fingerprint density at radius 1 is 1.08 bits per heavy atom. The molecule has 0 aliphatic carbocycles. The van der Waals surface area contributed by atoms with Gasteiger partial charge in [-0.15, -0.1) is 0 Å². The fourth-order valence-electron chi connectivity index (χ4n) is 1.20. The van der Waals surface area contributed by atoms with Crippen molar-refractivity contribution in [2.75, 3.05) is 0 Å². The third-order valence-electron chi connectivity index (χ3n) is 2.16. The first-order chi connectivity index (χ1) is 5.91. The van der Waals surface area contributed by atoms with E-state index in [1.165, 1.54) is 5.19 Å². The minimum Gasteiger partial charge on any atom is -0.295 e. The van der Waals surface area contributed by atoms with Crippen LogP contribution in [-0.4, -0.2) is 13.9 Å². The zero-order valence-electron chi connectivity index (χ0n) is 8.72. The first-order valence-electron chi connectivity index (χ1n) is 4.53. The molecule has 0 unspecified atom stereocenters. The average Bonchev–Trinajstić information content (AvgIpc) is 2.03. The number of carbonyl (C=O) groups excluding carboxylic acids is 1. The van der Waals surface area contributed by atoms with E-state index in [1.54, 1.807) is 6.92 Å². The molecule has 1 aromatic carbocycles. The second-order valence-corrected chi connectivity index (χ2v) is 9.46. The fourth-order valence-corrected chi connectivity index (χ4v) is 2.37. The van der Waals surface area contributed by atoms with E-state index < -0.39 is 8.07 Å². The molecule has 0 fully saturated rings. The van der Waals surface area contributed by atoms with Gasteiger partial charge in [-0.25, -0.2) is 0 Å². The first kappa shape index (κ1) is 10.2. The summed E-state index contributed by atoms with van der Waals surface area (Å²) >= 11 is 0. The summed E-state index contributed by atoms with van der Waals surface area (Å²) in [5.74, 6) is 0.141. The Hall–Kier alpha value is -0.893. The van der Waals surface area contributed by atoms with E-state index in [2.05, 4.69) is 31.8 Å². The molecule has 0 atom stereocenters. The maximum absolute atomic E-state index is 11.0. The second kappa shape index (κ2) is 3.46. The zero-order chi connectivity index (χ0) is 10.1. The molecular weight excluding hydrogens is 176 g/mol. The van der Waals surface area contributed by atoms with Gasteiger partial charge < -0.3 is 0 Å². The van der Waals surface area contributed by atoms with Gasteiger partial charge in [-0.05, 0) is 6.92 Å². The van der Waals surface area contributed by atoms with Gasteiger partial charge in [0.2, 0.25) is 0 Å². The first-order valence-corrected chi connectivity index (χ1v) is 8.03. The summed E-state index contributed by atoms with van der Waals surface area (Å²) in [4.78, 5) is 11.0. The quantitative estimate of drug-likeness (QED) is 0.519. The minimum atomic E-state index is -1.20. The van der Waals surface area contributed by atoms with Gasteiger partial charge in [0.15, 0.2) is 5.78 Å². The van der Waals surface area contributed by atoms with Crippen LogP contribution >= 0.6 is 0 Å². The summed E-state index contributed by atoms with van der Waals surface area (Å²) in [6.45, 7) is 8.50. The molecule has 0 heterocycles. The fraction of sp³-hybridized carbons (Fsp3) is 0.364. The summed E-state index contributed by atoms with van der Waals surface area (Å²) in [6.07, 6.45) is 0. The van der Waals surface area contributed by atoms with Crippen molar-refractivity contribution in [1.82, 2.24) is 0 Å². The van der Waals surface area contributed by atoms with Gasteiger partial charge in [0.25, 0.3) is 0 Å². The van der Waals surface area contributed by atoms with Crippen LogP contribution in [0.25, 0.3) is 0 Å². The molecular formula is C11H16OSi. The van der Waals surface area contributed by atoms with Gasteiger partial charge in [-0.1, -0.05) is 49.1 Å². The lowest BCUT2D eigenvalue weighted by molar-refractivity contribution is 0.101. The number of hydrogen-bond donors (Lipinski definition) is 0. The van der Waals surface area contributed by atoms with Crippen molar-refractivity contribution in [3.8, 4) is 0 Å². The highest BCUT2D eigenvalue weighted by Crippen LogP contribution is 2.04. The summed E-state index contributed by atoms with van der Waals surface area (Å²) in [7, 11) is -1.20. The van der Waals surface area contributed by atoms with Gasteiger partial charge in [0.05, 0.1) is 8.07 Å². The van der Waals surface area contributed by atoms with Crippen LogP contribution in [0.5, 0.6) is 0 Å². The molecule has 0 bridgehead atoms. The van der Waals surface area contributed by atoms with E-state index >= 15 is 0 Å². The average molecular weight is 192 g/mol. The molecule has 0 N–H and O–H groups in total.